The Labute approximate surface area is 147 Å². The Balaban J connectivity index is 1.63. The van der Waals surface area contributed by atoms with E-state index < -0.39 is 11.7 Å². The number of aryl methyl sites for hydroxylation is 1. The van der Waals surface area contributed by atoms with E-state index in [1.165, 1.54) is 12.8 Å². The van der Waals surface area contributed by atoms with Gasteiger partial charge in [0.25, 0.3) is 0 Å². The third kappa shape index (κ3) is 1.98. The molecule has 3 aliphatic heterocycles. The van der Waals surface area contributed by atoms with Crippen molar-refractivity contribution >= 4 is 5.97 Å². The number of hydrogen-bond acceptors (Lipinski definition) is 4. The Morgan fingerprint density at radius 2 is 2.16 bits per heavy atom. The van der Waals surface area contributed by atoms with E-state index >= 15 is 0 Å². The van der Waals surface area contributed by atoms with Crippen LogP contribution in [0.4, 0.5) is 0 Å². The van der Waals surface area contributed by atoms with Crippen molar-refractivity contribution < 1.29 is 14.6 Å². The van der Waals surface area contributed by atoms with E-state index in [-0.39, 0.29) is 12.0 Å². The maximum atomic E-state index is 12.8. The predicted octanol–water partition coefficient (Wildman–Crippen LogP) is 2.82. The first-order valence-corrected chi connectivity index (χ1v) is 9.27. The number of carbonyl (C=O) groups is 1. The second-order valence-electron chi connectivity index (χ2n) is 7.75. The molecule has 2 fully saturated rings. The highest BCUT2D eigenvalue weighted by Crippen LogP contribution is 2.54. The number of aliphatic hydroxyl groups excluding tert-OH is 1. The van der Waals surface area contributed by atoms with E-state index in [1.807, 2.05) is 37.3 Å². The van der Waals surface area contributed by atoms with E-state index in [2.05, 4.69) is 11.0 Å². The van der Waals surface area contributed by atoms with E-state index in [0.717, 1.165) is 36.1 Å². The zero-order valence-corrected chi connectivity index (χ0v) is 14.4. The predicted molar refractivity (Wildman–Crippen MR) is 93.9 cm³/mol. The smallest absolute Gasteiger partial charge is 0.338 e. The molecule has 1 unspecified atom stereocenters. The lowest BCUT2D eigenvalue weighted by molar-refractivity contribution is -0.150. The van der Waals surface area contributed by atoms with Gasteiger partial charge < -0.3 is 9.84 Å². The first-order valence-electron chi connectivity index (χ1n) is 9.27. The minimum Gasteiger partial charge on any atom is -0.449 e. The molecular formula is C21H23NO3. The molecule has 1 aromatic carbocycles. The molecule has 0 radical (unpaired) electrons. The molecular weight excluding hydrogens is 314 g/mol. The number of piperidine rings is 1. The van der Waals surface area contributed by atoms with Crippen molar-refractivity contribution in [2.24, 2.45) is 0 Å². The molecule has 0 amide bonds. The minimum absolute atomic E-state index is 0.252. The number of ether oxygens (including phenoxy) is 1. The lowest BCUT2D eigenvalue weighted by atomic mass is 9.78. The number of hydrogen-bond donors (Lipinski definition) is 1. The van der Waals surface area contributed by atoms with E-state index in [9.17, 15) is 9.90 Å². The first-order chi connectivity index (χ1) is 12.1. The molecule has 1 spiro atoms. The van der Waals surface area contributed by atoms with Gasteiger partial charge in [-0.3, -0.25) is 4.90 Å². The van der Waals surface area contributed by atoms with Gasteiger partial charge in [-0.05, 0) is 37.4 Å². The molecule has 5 rings (SSSR count). The molecule has 4 nitrogen and oxygen atoms in total. The molecule has 25 heavy (non-hydrogen) atoms. The lowest BCUT2D eigenvalue weighted by Gasteiger charge is -2.37. The number of carbonyl (C=O) groups excluding carboxylic acids is 1. The number of benzene rings is 1. The van der Waals surface area contributed by atoms with Crippen molar-refractivity contribution in [2.45, 2.75) is 56.4 Å². The van der Waals surface area contributed by atoms with Crippen LogP contribution in [0.25, 0.3) is 0 Å². The molecule has 1 aliphatic carbocycles. The highest BCUT2D eigenvalue weighted by atomic mass is 16.6. The average Bonchev–Trinajstić information content (AvgIpc) is 3.06. The molecule has 130 valence electrons. The van der Waals surface area contributed by atoms with Crippen LogP contribution >= 0.6 is 0 Å². The minimum atomic E-state index is -0.929. The van der Waals surface area contributed by atoms with Crippen LogP contribution in [0.1, 0.15) is 42.9 Å². The van der Waals surface area contributed by atoms with Crippen molar-refractivity contribution in [2.75, 3.05) is 6.54 Å². The Morgan fingerprint density at radius 3 is 3.00 bits per heavy atom. The molecule has 2 bridgehead atoms. The van der Waals surface area contributed by atoms with Crippen LogP contribution in [0.15, 0.2) is 47.6 Å². The molecule has 3 heterocycles. The monoisotopic (exact) mass is 337 g/mol. The molecule has 0 aromatic heterocycles. The summed E-state index contributed by atoms with van der Waals surface area (Å²) in [5, 5.41) is 11.0. The molecule has 4 aliphatic rings. The molecule has 1 aromatic rings. The second-order valence-corrected chi connectivity index (χ2v) is 7.75. The van der Waals surface area contributed by atoms with Gasteiger partial charge in [0.15, 0.2) is 5.60 Å². The Morgan fingerprint density at radius 1 is 1.32 bits per heavy atom. The normalized spacial score (nSPS) is 34.7. The van der Waals surface area contributed by atoms with E-state index in [0.29, 0.717) is 11.6 Å². The zero-order chi connectivity index (χ0) is 17.2. The van der Waals surface area contributed by atoms with Crippen LogP contribution < -0.4 is 0 Å². The number of aliphatic hydroxyl groups is 1. The van der Waals surface area contributed by atoms with E-state index in [1.54, 1.807) is 0 Å². The third-order valence-corrected chi connectivity index (χ3v) is 6.50. The fourth-order valence-electron chi connectivity index (χ4n) is 5.35. The van der Waals surface area contributed by atoms with Gasteiger partial charge >= 0.3 is 5.97 Å². The summed E-state index contributed by atoms with van der Waals surface area (Å²) in [7, 11) is 0. The Hall–Kier alpha value is -1.91. The Bertz CT molecular complexity index is 811. The standard InChI is InChI=1S/C21H23NO3/c1-13-6-2-3-7-15(13)19(23)18-16-10-9-14-12-21(16,25-20(18)24)17-8-4-5-11-22(14)17/h2-3,6-7,9-10,14,17,19,23H,4-5,8,11-12H2,1H3/t14-,17+,19?,21+/m1/s1. The van der Waals surface area contributed by atoms with Crippen LogP contribution in [0.3, 0.4) is 0 Å². The molecule has 0 saturated carbocycles. The van der Waals surface area contributed by atoms with Gasteiger partial charge in [-0.15, -0.1) is 0 Å². The fourth-order valence-corrected chi connectivity index (χ4v) is 5.35. The summed E-state index contributed by atoms with van der Waals surface area (Å²) in [5.74, 6) is -0.344. The lowest BCUT2D eigenvalue weighted by Crippen LogP contribution is -2.48. The van der Waals surface area contributed by atoms with Crippen LogP contribution in [0.2, 0.25) is 0 Å². The number of esters is 1. The summed E-state index contributed by atoms with van der Waals surface area (Å²) in [5.41, 5.74) is 2.58. The number of nitrogens with zero attached hydrogens (tertiary/aromatic N) is 1. The van der Waals surface area contributed by atoms with Crippen molar-refractivity contribution in [1.82, 2.24) is 4.90 Å². The summed E-state index contributed by atoms with van der Waals surface area (Å²) in [6, 6.07) is 8.31. The average molecular weight is 337 g/mol. The van der Waals surface area contributed by atoms with Gasteiger partial charge in [-0.1, -0.05) is 42.8 Å². The van der Waals surface area contributed by atoms with Gasteiger partial charge in [-0.2, -0.15) is 0 Å². The maximum Gasteiger partial charge on any atom is 0.338 e. The SMILES string of the molecule is Cc1ccccc1C(O)C1=C2C=C[C@@H]3C[C@@]2(OC1=O)[C@@H]1CCCCN31. The van der Waals surface area contributed by atoms with E-state index in [4.69, 9.17) is 4.74 Å². The van der Waals surface area contributed by atoms with Gasteiger partial charge in [0.1, 0.15) is 6.10 Å². The van der Waals surface area contributed by atoms with Crippen LogP contribution in [-0.4, -0.2) is 40.2 Å². The van der Waals surface area contributed by atoms with Crippen LogP contribution in [0, 0.1) is 6.92 Å². The van der Waals surface area contributed by atoms with Crippen molar-refractivity contribution in [3.05, 3.63) is 58.7 Å². The molecule has 4 heteroatoms. The summed E-state index contributed by atoms with van der Waals surface area (Å²) < 4.78 is 6.04. The summed E-state index contributed by atoms with van der Waals surface area (Å²) >= 11 is 0. The summed E-state index contributed by atoms with van der Waals surface area (Å²) in [4.78, 5) is 15.3. The van der Waals surface area contributed by atoms with Crippen molar-refractivity contribution in [1.29, 1.82) is 0 Å². The van der Waals surface area contributed by atoms with Crippen LogP contribution in [-0.2, 0) is 9.53 Å². The highest BCUT2D eigenvalue weighted by molar-refractivity contribution is 5.96. The highest BCUT2D eigenvalue weighted by Gasteiger charge is 2.62. The quantitative estimate of drug-likeness (QED) is 0.843. The second kappa shape index (κ2) is 5.29. The zero-order valence-electron chi connectivity index (χ0n) is 14.4. The van der Waals surface area contributed by atoms with Gasteiger partial charge in [-0.25, -0.2) is 4.79 Å². The number of rotatable bonds is 2. The molecule has 1 N–H and O–H groups in total. The fraction of sp³-hybridized carbons (Fsp3) is 0.476. The van der Waals surface area contributed by atoms with Crippen molar-refractivity contribution in [3.8, 4) is 0 Å². The maximum absolute atomic E-state index is 12.8. The van der Waals surface area contributed by atoms with Gasteiger partial charge in [0, 0.05) is 18.0 Å². The Kier molecular flexibility index (Phi) is 3.25. The topological polar surface area (TPSA) is 49.8 Å². The van der Waals surface area contributed by atoms with Gasteiger partial charge in [0.05, 0.1) is 11.6 Å². The summed E-state index contributed by atoms with van der Waals surface area (Å²) in [6.07, 6.45) is 7.60. The van der Waals surface area contributed by atoms with Crippen molar-refractivity contribution in [3.63, 3.8) is 0 Å². The third-order valence-electron chi connectivity index (χ3n) is 6.50. The molecule has 2 saturated heterocycles. The van der Waals surface area contributed by atoms with Crippen LogP contribution in [0.5, 0.6) is 0 Å². The first kappa shape index (κ1) is 15.4. The largest absolute Gasteiger partial charge is 0.449 e. The van der Waals surface area contributed by atoms with Gasteiger partial charge in [0.2, 0.25) is 0 Å². The number of fused-ring (bicyclic) bond motifs is 3. The molecule has 4 atom stereocenters. The summed E-state index contributed by atoms with van der Waals surface area (Å²) in [6.45, 7) is 3.03.